The van der Waals surface area contributed by atoms with Crippen molar-refractivity contribution in [1.29, 1.82) is 5.26 Å². The molecule has 0 saturated heterocycles. The van der Waals surface area contributed by atoms with E-state index in [2.05, 4.69) is 9.71 Å². The summed E-state index contributed by atoms with van der Waals surface area (Å²) in [5.41, 5.74) is 0.621. The van der Waals surface area contributed by atoms with Gasteiger partial charge in [0.2, 0.25) is 5.03 Å². The maximum absolute atomic E-state index is 13.4. The van der Waals surface area contributed by atoms with Crippen molar-refractivity contribution in [3.8, 4) is 6.07 Å². The van der Waals surface area contributed by atoms with Gasteiger partial charge in [-0.25, -0.2) is 9.37 Å². The third-order valence-electron chi connectivity index (χ3n) is 2.25. The highest BCUT2D eigenvalue weighted by Crippen LogP contribution is 2.16. The third kappa shape index (κ3) is 2.86. The van der Waals surface area contributed by atoms with Crippen molar-refractivity contribution in [1.82, 2.24) is 4.98 Å². The molecule has 0 unspecified atom stereocenters. The predicted octanol–water partition coefficient (Wildman–Crippen LogP) is 1.89. The molecule has 0 aliphatic carbocycles. The van der Waals surface area contributed by atoms with E-state index in [-0.39, 0.29) is 5.69 Å². The Labute approximate surface area is 109 Å². The molecule has 2 rings (SSSR count). The summed E-state index contributed by atoms with van der Waals surface area (Å²) >= 11 is 0. The molecule has 1 aromatic carbocycles. The molecule has 1 N–H and O–H groups in total. The van der Waals surface area contributed by atoms with E-state index in [4.69, 9.17) is 5.26 Å². The Morgan fingerprint density at radius 1 is 1.21 bits per heavy atom. The van der Waals surface area contributed by atoms with Gasteiger partial charge in [-0.3, -0.25) is 4.72 Å². The molecule has 0 saturated carbocycles. The molecule has 0 aliphatic rings. The van der Waals surface area contributed by atoms with Crippen LogP contribution in [0.4, 0.5) is 10.1 Å². The highest BCUT2D eigenvalue weighted by molar-refractivity contribution is 7.92. The summed E-state index contributed by atoms with van der Waals surface area (Å²) in [6.45, 7) is 0. The molecule has 0 aliphatic heterocycles. The quantitative estimate of drug-likeness (QED) is 0.928. The molecule has 7 heteroatoms. The number of pyridine rings is 1. The second kappa shape index (κ2) is 5.04. The summed E-state index contributed by atoms with van der Waals surface area (Å²) in [4.78, 5) is 3.50. The largest absolute Gasteiger partial charge is 0.282 e. The Balaban J connectivity index is 2.32. The molecule has 1 aromatic heterocycles. The zero-order chi connectivity index (χ0) is 13.9. The van der Waals surface area contributed by atoms with Crippen molar-refractivity contribution < 1.29 is 12.8 Å². The van der Waals surface area contributed by atoms with Crippen molar-refractivity contribution in [2.75, 3.05) is 4.72 Å². The molecular weight excluding hydrogens is 269 g/mol. The third-order valence-corrected chi connectivity index (χ3v) is 3.56. The van der Waals surface area contributed by atoms with Crippen molar-refractivity contribution >= 4 is 15.7 Å². The molecule has 0 amide bonds. The molecule has 0 radical (unpaired) electrons. The standard InChI is InChI=1S/C12H8FN3O2S/c13-11-2-1-7-15-12(11)19(17,18)16-10-5-3-9(8-14)4-6-10/h1-7,16H. The van der Waals surface area contributed by atoms with E-state index in [1.807, 2.05) is 6.07 Å². The molecule has 2 aromatic rings. The summed E-state index contributed by atoms with van der Waals surface area (Å²) in [6, 6.07) is 9.95. The van der Waals surface area contributed by atoms with Gasteiger partial charge in [-0.05, 0) is 36.4 Å². The highest BCUT2D eigenvalue weighted by Gasteiger charge is 2.20. The minimum atomic E-state index is -4.08. The van der Waals surface area contributed by atoms with E-state index in [1.165, 1.54) is 36.5 Å². The molecule has 0 spiro atoms. The van der Waals surface area contributed by atoms with Gasteiger partial charge in [-0.15, -0.1) is 0 Å². The number of sulfonamides is 1. The van der Waals surface area contributed by atoms with Gasteiger partial charge in [-0.2, -0.15) is 13.7 Å². The van der Waals surface area contributed by atoms with Gasteiger partial charge >= 0.3 is 0 Å². The molecule has 19 heavy (non-hydrogen) atoms. The van der Waals surface area contributed by atoms with Crippen LogP contribution in [0.5, 0.6) is 0 Å². The lowest BCUT2D eigenvalue weighted by Crippen LogP contribution is -2.16. The average Bonchev–Trinajstić information content (AvgIpc) is 2.39. The summed E-state index contributed by atoms with van der Waals surface area (Å²) in [6.07, 6.45) is 1.19. The fourth-order valence-electron chi connectivity index (χ4n) is 1.39. The normalized spacial score (nSPS) is 10.7. The fraction of sp³-hybridized carbons (Fsp3) is 0. The van der Waals surface area contributed by atoms with Gasteiger partial charge in [0.25, 0.3) is 10.0 Å². The first kappa shape index (κ1) is 13.0. The van der Waals surface area contributed by atoms with Gasteiger partial charge in [-0.1, -0.05) is 0 Å². The van der Waals surface area contributed by atoms with E-state index in [0.717, 1.165) is 6.07 Å². The number of halogens is 1. The summed E-state index contributed by atoms with van der Waals surface area (Å²) in [5.74, 6) is -0.927. The van der Waals surface area contributed by atoms with Crippen molar-refractivity contribution in [2.45, 2.75) is 5.03 Å². The predicted molar refractivity (Wildman–Crippen MR) is 66.2 cm³/mol. The number of nitrogens with one attached hydrogen (secondary N) is 1. The molecule has 1 heterocycles. The maximum Gasteiger partial charge on any atom is 0.282 e. The number of benzene rings is 1. The molecule has 0 bridgehead atoms. The Morgan fingerprint density at radius 3 is 2.47 bits per heavy atom. The molecule has 5 nitrogen and oxygen atoms in total. The van der Waals surface area contributed by atoms with E-state index in [1.54, 1.807) is 0 Å². The fourth-order valence-corrected chi connectivity index (χ4v) is 2.45. The first-order chi connectivity index (χ1) is 9.03. The lowest BCUT2D eigenvalue weighted by Gasteiger charge is -2.07. The van der Waals surface area contributed by atoms with Crippen LogP contribution in [0.25, 0.3) is 0 Å². The van der Waals surface area contributed by atoms with Crippen LogP contribution >= 0.6 is 0 Å². The van der Waals surface area contributed by atoms with E-state index < -0.39 is 20.9 Å². The SMILES string of the molecule is N#Cc1ccc(NS(=O)(=O)c2ncccc2F)cc1. The zero-order valence-corrected chi connectivity index (χ0v) is 10.4. The Morgan fingerprint density at radius 2 is 1.89 bits per heavy atom. The number of nitriles is 1. The van der Waals surface area contributed by atoms with Crippen LogP contribution in [0.3, 0.4) is 0 Å². The van der Waals surface area contributed by atoms with Gasteiger partial charge in [0.15, 0.2) is 5.82 Å². The van der Waals surface area contributed by atoms with Gasteiger partial charge < -0.3 is 0 Å². The minimum absolute atomic E-state index is 0.226. The minimum Gasteiger partial charge on any atom is -0.278 e. The Bertz CT molecular complexity index is 736. The van der Waals surface area contributed by atoms with Crippen LogP contribution in [0, 0.1) is 17.1 Å². The van der Waals surface area contributed by atoms with Crippen LogP contribution in [-0.2, 0) is 10.0 Å². The summed E-state index contributed by atoms with van der Waals surface area (Å²) in [7, 11) is -4.08. The van der Waals surface area contributed by atoms with E-state index in [9.17, 15) is 12.8 Å². The number of anilines is 1. The van der Waals surface area contributed by atoms with E-state index >= 15 is 0 Å². The first-order valence-corrected chi connectivity index (χ1v) is 6.65. The van der Waals surface area contributed by atoms with Crippen LogP contribution in [0.2, 0.25) is 0 Å². The van der Waals surface area contributed by atoms with E-state index in [0.29, 0.717) is 5.56 Å². The summed E-state index contributed by atoms with van der Waals surface area (Å²) < 4.78 is 39.4. The number of hydrogen-bond donors (Lipinski definition) is 1. The van der Waals surface area contributed by atoms with Crippen molar-refractivity contribution in [3.05, 3.63) is 54.0 Å². The second-order valence-corrected chi connectivity index (χ2v) is 5.18. The number of aromatic nitrogens is 1. The van der Waals surface area contributed by atoms with Crippen molar-refractivity contribution in [2.24, 2.45) is 0 Å². The topological polar surface area (TPSA) is 82.9 Å². The number of hydrogen-bond acceptors (Lipinski definition) is 4. The van der Waals surface area contributed by atoms with Crippen molar-refractivity contribution in [3.63, 3.8) is 0 Å². The molecule has 0 fully saturated rings. The average molecular weight is 277 g/mol. The lowest BCUT2D eigenvalue weighted by atomic mass is 10.2. The Hall–Kier alpha value is -2.46. The van der Waals surface area contributed by atoms with Gasteiger partial charge in [0, 0.05) is 11.9 Å². The molecule has 96 valence electrons. The summed E-state index contributed by atoms with van der Waals surface area (Å²) in [5, 5.41) is 7.96. The monoisotopic (exact) mass is 277 g/mol. The maximum atomic E-state index is 13.4. The van der Waals surface area contributed by atoms with Gasteiger partial charge in [0.05, 0.1) is 11.6 Å². The Kier molecular flexibility index (Phi) is 3.44. The van der Waals surface area contributed by atoms with Crippen LogP contribution in [0.15, 0.2) is 47.6 Å². The number of nitrogens with zero attached hydrogens (tertiary/aromatic N) is 2. The van der Waals surface area contributed by atoms with Crippen LogP contribution < -0.4 is 4.72 Å². The second-order valence-electron chi connectivity index (χ2n) is 3.59. The zero-order valence-electron chi connectivity index (χ0n) is 9.54. The van der Waals surface area contributed by atoms with Crippen LogP contribution in [-0.4, -0.2) is 13.4 Å². The van der Waals surface area contributed by atoms with Crippen LogP contribution in [0.1, 0.15) is 5.56 Å². The highest BCUT2D eigenvalue weighted by atomic mass is 32.2. The molecule has 0 atom stereocenters. The first-order valence-electron chi connectivity index (χ1n) is 5.16. The smallest absolute Gasteiger partial charge is 0.278 e. The van der Waals surface area contributed by atoms with Gasteiger partial charge in [0.1, 0.15) is 0 Å². The number of rotatable bonds is 3. The lowest BCUT2D eigenvalue weighted by molar-refractivity contribution is 0.557. The molecular formula is C12H8FN3O2S.